The summed E-state index contributed by atoms with van der Waals surface area (Å²) in [5, 5.41) is 11.2. The van der Waals surface area contributed by atoms with Crippen molar-refractivity contribution in [2.75, 3.05) is 23.3 Å². The fourth-order valence-electron chi connectivity index (χ4n) is 2.97. The zero-order valence-corrected chi connectivity index (χ0v) is 11.8. The molecule has 5 heterocycles. The third kappa shape index (κ3) is 2.13. The number of morpholine rings is 1. The lowest BCUT2D eigenvalue weighted by Gasteiger charge is -2.47. The van der Waals surface area contributed by atoms with Crippen LogP contribution in [-0.4, -0.2) is 46.4 Å². The number of H-pyrrole nitrogens is 1. The standard InChI is InChI=1S/C14H17N5O2/c1-2-13(20)16-12-4-11-10(5-15-12)14(18-17-11)19-6-8-3-9(7-19)21-8/h4-5,8-9H,2-3,6-7H2,1H3,(H,17,18)(H,15,16,20). The van der Waals surface area contributed by atoms with Gasteiger partial charge in [0.25, 0.3) is 0 Å². The molecule has 2 N–H and O–H groups in total. The zero-order chi connectivity index (χ0) is 14.4. The summed E-state index contributed by atoms with van der Waals surface area (Å²) in [6.45, 7) is 3.57. The van der Waals surface area contributed by atoms with Crippen molar-refractivity contribution in [2.45, 2.75) is 32.0 Å². The third-order valence-corrected chi connectivity index (χ3v) is 4.07. The summed E-state index contributed by atoms with van der Waals surface area (Å²) < 4.78 is 5.65. The first kappa shape index (κ1) is 12.6. The molecule has 0 aliphatic carbocycles. The number of fused-ring (bicyclic) bond motifs is 3. The van der Waals surface area contributed by atoms with E-state index in [0.29, 0.717) is 24.4 Å². The number of hydrogen-bond acceptors (Lipinski definition) is 5. The van der Waals surface area contributed by atoms with Gasteiger partial charge < -0.3 is 15.0 Å². The number of nitrogens with zero attached hydrogens (tertiary/aromatic N) is 3. The minimum atomic E-state index is -0.0464. The molecule has 7 nitrogen and oxygen atoms in total. The quantitative estimate of drug-likeness (QED) is 0.888. The molecule has 2 bridgehead atoms. The van der Waals surface area contributed by atoms with E-state index in [9.17, 15) is 4.79 Å². The molecule has 0 spiro atoms. The molecule has 2 unspecified atom stereocenters. The van der Waals surface area contributed by atoms with Crippen molar-refractivity contribution in [3.8, 4) is 0 Å². The van der Waals surface area contributed by atoms with Gasteiger partial charge in [0, 0.05) is 38.2 Å². The number of nitrogens with one attached hydrogen (secondary N) is 2. The lowest BCUT2D eigenvalue weighted by atomic mass is 9.99. The summed E-state index contributed by atoms with van der Waals surface area (Å²) in [6.07, 6.45) is 4.04. The number of aromatic nitrogens is 3. The smallest absolute Gasteiger partial charge is 0.225 e. The number of carbonyl (C=O) groups excluding carboxylic acids is 1. The van der Waals surface area contributed by atoms with E-state index in [0.717, 1.165) is 36.2 Å². The average molecular weight is 287 g/mol. The van der Waals surface area contributed by atoms with Crippen LogP contribution >= 0.6 is 0 Å². The molecular formula is C14H17N5O2. The van der Waals surface area contributed by atoms with E-state index in [1.54, 1.807) is 6.20 Å². The second kappa shape index (κ2) is 4.70. The van der Waals surface area contributed by atoms with Crippen molar-refractivity contribution in [3.63, 3.8) is 0 Å². The van der Waals surface area contributed by atoms with Gasteiger partial charge in [-0.15, -0.1) is 0 Å². The Kier molecular flexibility index (Phi) is 2.81. The fraction of sp³-hybridized carbons (Fsp3) is 0.500. The predicted octanol–water partition coefficient (Wildman–Crippen LogP) is 1.28. The lowest BCUT2D eigenvalue weighted by Crippen LogP contribution is -2.57. The Morgan fingerprint density at radius 2 is 2.29 bits per heavy atom. The number of pyridine rings is 1. The van der Waals surface area contributed by atoms with Gasteiger partial charge in [-0.2, -0.15) is 5.10 Å². The van der Waals surface area contributed by atoms with Crippen molar-refractivity contribution in [1.29, 1.82) is 0 Å². The number of aromatic amines is 1. The second-order valence-corrected chi connectivity index (χ2v) is 5.58. The molecule has 3 fully saturated rings. The maximum absolute atomic E-state index is 11.4. The third-order valence-electron chi connectivity index (χ3n) is 4.07. The van der Waals surface area contributed by atoms with Gasteiger partial charge >= 0.3 is 0 Å². The first-order valence-electron chi connectivity index (χ1n) is 7.27. The Balaban J connectivity index is 1.61. The Bertz CT molecular complexity index is 682. The van der Waals surface area contributed by atoms with Crippen molar-refractivity contribution >= 4 is 28.4 Å². The molecule has 1 amide bonds. The number of anilines is 2. The van der Waals surface area contributed by atoms with E-state index >= 15 is 0 Å². The molecule has 2 atom stereocenters. The van der Waals surface area contributed by atoms with E-state index < -0.39 is 0 Å². The van der Waals surface area contributed by atoms with Gasteiger partial charge in [-0.1, -0.05) is 6.92 Å². The highest BCUT2D eigenvalue weighted by Crippen LogP contribution is 2.33. The Morgan fingerprint density at radius 3 is 3.00 bits per heavy atom. The SMILES string of the molecule is CCC(=O)Nc1cc2[nH]nc(N3CC4CC(C3)O4)c2cn1. The van der Waals surface area contributed by atoms with Crippen LogP contribution in [-0.2, 0) is 9.53 Å². The Morgan fingerprint density at radius 1 is 1.52 bits per heavy atom. The van der Waals surface area contributed by atoms with Crippen molar-refractivity contribution < 1.29 is 9.53 Å². The van der Waals surface area contributed by atoms with Crippen LogP contribution in [0.3, 0.4) is 0 Å². The molecular weight excluding hydrogens is 270 g/mol. The highest BCUT2D eigenvalue weighted by molar-refractivity contribution is 5.94. The molecule has 2 aromatic heterocycles. The largest absolute Gasteiger partial charge is 0.371 e. The highest BCUT2D eigenvalue weighted by Gasteiger charge is 2.39. The van der Waals surface area contributed by atoms with E-state index in [1.165, 1.54) is 0 Å². The lowest BCUT2D eigenvalue weighted by molar-refractivity contribution is -0.133. The first-order valence-corrected chi connectivity index (χ1v) is 7.27. The van der Waals surface area contributed by atoms with Crippen LogP contribution in [0, 0.1) is 0 Å². The van der Waals surface area contributed by atoms with Gasteiger partial charge in [0.15, 0.2) is 5.82 Å². The van der Waals surface area contributed by atoms with E-state index in [2.05, 4.69) is 25.4 Å². The van der Waals surface area contributed by atoms with Crippen molar-refractivity contribution in [2.24, 2.45) is 0 Å². The van der Waals surface area contributed by atoms with Gasteiger partial charge in [0.05, 0.1) is 23.1 Å². The van der Waals surface area contributed by atoms with Crippen LogP contribution < -0.4 is 10.2 Å². The fourth-order valence-corrected chi connectivity index (χ4v) is 2.97. The van der Waals surface area contributed by atoms with Crippen LogP contribution in [0.2, 0.25) is 0 Å². The minimum Gasteiger partial charge on any atom is -0.371 e. The molecule has 21 heavy (non-hydrogen) atoms. The predicted molar refractivity (Wildman–Crippen MR) is 78.3 cm³/mol. The van der Waals surface area contributed by atoms with Gasteiger partial charge in [0.2, 0.25) is 5.91 Å². The van der Waals surface area contributed by atoms with E-state index in [4.69, 9.17) is 4.74 Å². The zero-order valence-electron chi connectivity index (χ0n) is 11.8. The van der Waals surface area contributed by atoms with Crippen LogP contribution in [0.15, 0.2) is 12.3 Å². The number of piperidine rings is 1. The molecule has 3 aliphatic heterocycles. The molecule has 0 saturated carbocycles. The summed E-state index contributed by atoms with van der Waals surface area (Å²) >= 11 is 0. The maximum Gasteiger partial charge on any atom is 0.225 e. The molecule has 3 aliphatic rings. The normalized spacial score (nSPS) is 24.0. The van der Waals surface area contributed by atoms with Gasteiger partial charge in [0.1, 0.15) is 5.82 Å². The molecule has 2 aromatic rings. The molecule has 0 radical (unpaired) electrons. The summed E-state index contributed by atoms with van der Waals surface area (Å²) in [6, 6.07) is 1.82. The Labute approximate surface area is 121 Å². The van der Waals surface area contributed by atoms with E-state index in [-0.39, 0.29) is 5.91 Å². The number of hydrogen-bond donors (Lipinski definition) is 2. The van der Waals surface area contributed by atoms with Crippen LogP contribution in [0.5, 0.6) is 0 Å². The number of rotatable bonds is 3. The summed E-state index contributed by atoms with van der Waals surface area (Å²) in [5.74, 6) is 1.42. The van der Waals surface area contributed by atoms with Crippen molar-refractivity contribution in [1.82, 2.24) is 15.2 Å². The topological polar surface area (TPSA) is 83.1 Å². The molecule has 110 valence electrons. The molecule has 5 rings (SSSR count). The van der Waals surface area contributed by atoms with Crippen LogP contribution in [0.1, 0.15) is 19.8 Å². The van der Waals surface area contributed by atoms with Gasteiger partial charge in [-0.25, -0.2) is 4.98 Å². The maximum atomic E-state index is 11.4. The van der Waals surface area contributed by atoms with Gasteiger partial charge in [-0.05, 0) is 0 Å². The van der Waals surface area contributed by atoms with Crippen LogP contribution in [0.25, 0.3) is 10.9 Å². The first-order chi connectivity index (χ1) is 10.2. The summed E-state index contributed by atoms with van der Waals surface area (Å²) in [5.41, 5.74) is 0.881. The number of carbonyl (C=O) groups is 1. The average Bonchev–Trinajstić information content (AvgIpc) is 2.89. The van der Waals surface area contributed by atoms with Crippen molar-refractivity contribution in [3.05, 3.63) is 12.3 Å². The Hall–Kier alpha value is -2.15. The number of ether oxygens (including phenoxy) is 1. The summed E-state index contributed by atoms with van der Waals surface area (Å²) in [7, 11) is 0. The minimum absolute atomic E-state index is 0.0464. The summed E-state index contributed by atoms with van der Waals surface area (Å²) in [4.78, 5) is 18.0. The van der Waals surface area contributed by atoms with Gasteiger partial charge in [-0.3, -0.25) is 9.89 Å². The van der Waals surface area contributed by atoms with Crippen LogP contribution in [0.4, 0.5) is 11.6 Å². The molecule has 7 heteroatoms. The molecule has 0 aromatic carbocycles. The molecule has 3 saturated heterocycles. The highest BCUT2D eigenvalue weighted by atomic mass is 16.5. The number of amides is 1. The second-order valence-electron chi connectivity index (χ2n) is 5.58. The van der Waals surface area contributed by atoms with E-state index in [1.807, 2.05) is 13.0 Å². The monoisotopic (exact) mass is 287 g/mol.